The van der Waals surface area contributed by atoms with Crippen LogP contribution in [-0.2, 0) is 6.42 Å². The van der Waals surface area contributed by atoms with Crippen LogP contribution >= 0.6 is 0 Å². The maximum absolute atomic E-state index is 2.30. The van der Waals surface area contributed by atoms with Crippen LogP contribution < -0.4 is 0 Å². The standard InChI is InChI=1S/C17H18/c1-13-9-11-15(12-10-13)17-8-4-6-14-5-2-3-7-16(14)17/h2-3,5,7,9-12,17H,4,6,8H2,1H3. The Labute approximate surface area is 103 Å². The highest BCUT2D eigenvalue weighted by molar-refractivity contribution is 5.40. The lowest BCUT2D eigenvalue weighted by Crippen LogP contribution is -2.10. The number of aryl methyl sites for hydroxylation is 2. The Balaban J connectivity index is 2.03. The minimum atomic E-state index is 0.612. The molecule has 0 heterocycles. The van der Waals surface area contributed by atoms with Gasteiger partial charge in [0, 0.05) is 5.92 Å². The molecule has 86 valence electrons. The first-order valence-corrected chi connectivity index (χ1v) is 6.49. The van der Waals surface area contributed by atoms with E-state index in [2.05, 4.69) is 55.5 Å². The van der Waals surface area contributed by atoms with E-state index in [-0.39, 0.29) is 0 Å². The van der Waals surface area contributed by atoms with Crippen LogP contribution in [0.4, 0.5) is 0 Å². The first kappa shape index (κ1) is 10.6. The van der Waals surface area contributed by atoms with Crippen LogP contribution in [0.15, 0.2) is 48.5 Å². The van der Waals surface area contributed by atoms with Gasteiger partial charge < -0.3 is 0 Å². The first-order valence-electron chi connectivity index (χ1n) is 6.49. The zero-order valence-electron chi connectivity index (χ0n) is 10.3. The van der Waals surface area contributed by atoms with Gasteiger partial charge in [0.1, 0.15) is 0 Å². The second-order valence-corrected chi connectivity index (χ2v) is 5.05. The molecule has 0 aromatic heterocycles. The van der Waals surface area contributed by atoms with Crippen molar-refractivity contribution < 1.29 is 0 Å². The number of hydrogen-bond acceptors (Lipinski definition) is 0. The van der Waals surface area contributed by atoms with Gasteiger partial charge in [0.25, 0.3) is 0 Å². The van der Waals surface area contributed by atoms with Crippen LogP contribution in [0.25, 0.3) is 0 Å². The monoisotopic (exact) mass is 222 g/mol. The summed E-state index contributed by atoms with van der Waals surface area (Å²) in [6, 6.07) is 18.0. The van der Waals surface area contributed by atoms with E-state index in [0.717, 1.165) is 0 Å². The average Bonchev–Trinajstić information content (AvgIpc) is 2.39. The Morgan fingerprint density at radius 3 is 2.53 bits per heavy atom. The summed E-state index contributed by atoms with van der Waals surface area (Å²) < 4.78 is 0. The third-order valence-electron chi connectivity index (χ3n) is 3.85. The van der Waals surface area contributed by atoms with Crippen molar-refractivity contribution in [3.05, 3.63) is 70.8 Å². The summed E-state index contributed by atoms with van der Waals surface area (Å²) in [7, 11) is 0. The quantitative estimate of drug-likeness (QED) is 0.668. The summed E-state index contributed by atoms with van der Waals surface area (Å²) in [5.74, 6) is 0.612. The van der Waals surface area contributed by atoms with E-state index >= 15 is 0 Å². The van der Waals surface area contributed by atoms with Gasteiger partial charge in [-0.2, -0.15) is 0 Å². The zero-order chi connectivity index (χ0) is 11.7. The molecule has 3 rings (SSSR count). The van der Waals surface area contributed by atoms with Crippen LogP contribution in [0.2, 0.25) is 0 Å². The average molecular weight is 222 g/mol. The van der Waals surface area contributed by atoms with E-state index < -0.39 is 0 Å². The second kappa shape index (κ2) is 4.37. The fourth-order valence-corrected chi connectivity index (χ4v) is 2.90. The molecular formula is C17H18. The topological polar surface area (TPSA) is 0 Å². The molecule has 0 saturated carbocycles. The normalized spacial score (nSPS) is 18.8. The Morgan fingerprint density at radius 2 is 1.71 bits per heavy atom. The fourth-order valence-electron chi connectivity index (χ4n) is 2.90. The molecule has 0 saturated heterocycles. The molecule has 0 N–H and O–H groups in total. The summed E-state index contributed by atoms with van der Waals surface area (Å²) in [6.07, 6.45) is 3.86. The first-order chi connectivity index (χ1) is 8.34. The lowest BCUT2D eigenvalue weighted by Gasteiger charge is -2.26. The summed E-state index contributed by atoms with van der Waals surface area (Å²) in [6.45, 7) is 2.15. The number of fused-ring (bicyclic) bond motifs is 1. The molecule has 0 spiro atoms. The molecule has 1 unspecified atom stereocenters. The molecule has 0 aliphatic heterocycles. The molecule has 2 aromatic carbocycles. The van der Waals surface area contributed by atoms with Gasteiger partial charge in [-0.3, -0.25) is 0 Å². The van der Waals surface area contributed by atoms with Crippen LogP contribution in [0, 0.1) is 6.92 Å². The highest BCUT2D eigenvalue weighted by Crippen LogP contribution is 2.36. The molecule has 2 aromatic rings. The summed E-state index contributed by atoms with van der Waals surface area (Å²) in [5, 5.41) is 0. The summed E-state index contributed by atoms with van der Waals surface area (Å²) in [5.41, 5.74) is 5.91. The molecular weight excluding hydrogens is 204 g/mol. The van der Waals surface area contributed by atoms with E-state index in [1.165, 1.54) is 30.4 Å². The Hall–Kier alpha value is -1.56. The van der Waals surface area contributed by atoms with Crippen LogP contribution in [-0.4, -0.2) is 0 Å². The van der Waals surface area contributed by atoms with E-state index in [1.54, 1.807) is 11.1 Å². The third kappa shape index (κ3) is 2.00. The van der Waals surface area contributed by atoms with Gasteiger partial charge in [-0.25, -0.2) is 0 Å². The number of benzene rings is 2. The predicted molar refractivity (Wildman–Crippen MR) is 72.4 cm³/mol. The lowest BCUT2D eigenvalue weighted by atomic mass is 9.79. The minimum Gasteiger partial charge on any atom is -0.0620 e. The smallest absolute Gasteiger partial charge is 0.00921 e. The Morgan fingerprint density at radius 1 is 0.941 bits per heavy atom. The molecule has 0 amide bonds. The van der Waals surface area contributed by atoms with Gasteiger partial charge in [-0.1, -0.05) is 54.1 Å². The predicted octanol–water partition coefficient (Wildman–Crippen LogP) is 4.46. The molecule has 0 nitrogen and oxygen atoms in total. The second-order valence-electron chi connectivity index (χ2n) is 5.05. The van der Waals surface area contributed by atoms with Crippen LogP contribution in [0.5, 0.6) is 0 Å². The van der Waals surface area contributed by atoms with Gasteiger partial charge in [-0.05, 0) is 42.9 Å². The Kier molecular flexibility index (Phi) is 2.72. The minimum absolute atomic E-state index is 0.612. The van der Waals surface area contributed by atoms with Gasteiger partial charge in [0.05, 0.1) is 0 Å². The van der Waals surface area contributed by atoms with Gasteiger partial charge >= 0.3 is 0 Å². The highest BCUT2D eigenvalue weighted by atomic mass is 14.2. The molecule has 0 radical (unpaired) electrons. The van der Waals surface area contributed by atoms with E-state index in [0.29, 0.717) is 5.92 Å². The number of rotatable bonds is 1. The molecule has 0 fully saturated rings. The molecule has 1 aliphatic rings. The molecule has 17 heavy (non-hydrogen) atoms. The fraction of sp³-hybridized carbons (Fsp3) is 0.294. The molecule has 0 bridgehead atoms. The van der Waals surface area contributed by atoms with Crippen LogP contribution in [0.1, 0.15) is 41.0 Å². The van der Waals surface area contributed by atoms with E-state index in [4.69, 9.17) is 0 Å². The van der Waals surface area contributed by atoms with Crippen molar-refractivity contribution in [2.45, 2.75) is 32.1 Å². The van der Waals surface area contributed by atoms with Gasteiger partial charge in [-0.15, -0.1) is 0 Å². The molecule has 1 atom stereocenters. The summed E-state index contributed by atoms with van der Waals surface area (Å²) in [4.78, 5) is 0. The van der Waals surface area contributed by atoms with E-state index in [1.807, 2.05) is 0 Å². The van der Waals surface area contributed by atoms with Crippen LogP contribution in [0.3, 0.4) is 0 Å². The lowest BCUT2D eigenvalue weighted by molar-refractivity contribution is 0.616. The summed E-state index contributed by atoms with van der Waals surface area (Å²) >= 11 is 0. The van der Waals surface area contributed by atoms with E-state index in [9.17, 15) is 0 Å². The largest absolute Gasteiger partial charge is 0.0620 e. The van der Waals surface area contributed by atoms with Crippen molar-refractivity contribution in [3.8, 4) is 0 Å². The number of hydrogen-bond donors (Lipinski definition) is 0. The van der Waals surface area contributed by atoms with Crippen molar-refractivity contribution >= 4 is 0 Å². The van der Waals surface area contributed by atoms with Crippen molar-refractivity contribution in [1.29, 1.82) is 0 Å². The van der Waals surface area contributed by atoms with Gasteiger partial charge in [0.2, 0.25) is 0 Å². The Bertz CT molecular complexity index is 508. The highest BCUT2D eigenvalue weighted by Gasteiger charge is 2.20. The van der Waals surface area contributed by atoms with Crippen molar-refractivity contribution in [1.82, 2.24) is 0 Å². The molecule has 1 aliphatic carbocycles. The molecule has 0 heteroatoms. The SMILES string of the molecule is Cc1ccc(C2CCCc3ccccc32)cc1. The van der Waals surface area contributed by atoms with Crippen molar-refractivity contribution in [2.24, 2.45) is 0 Å². The zero-order valence-corrected chi connectivity index (χ0v) is 10.3. The van der Waals surface area contributed by atoms with Crippen molar-refractivity contribution in [2.75, 3.05) is 0 Å². The maximum Gasteiger partial charge on any atom is 0.00921 e. The maximum atomic E-state index is 2.30. The van der Waals surface area contributed by atoms with Gasteiger partial charge in [0.15, 0.2) is 0 Å². The van der Waals surface area contributed by atoms with Crippen molar-refractivity contribution in [3.63, 3.8) is 0 Å². The third-order valence-corrected chi connectivity index (χ3v) is 3.85.